The number of hydrogen-bond acceptors (Lipinski definition) is 4. The maximum absolute atomic E-state index is 12.3. The van der Waals surface area contributed by atoms with Gasteiger partial charge in [-0.05, 0) is 24.3 Å². The molecule has 0 radical (unpaired) electrons. The van der Waals surface area contributed by atoms with E-state index in [-0.39, 0.29) is 22.7 Å². The van der Waals surface area contributed by atoms with Crippen molar-refractivity contribution in [2.75, 3.05) is 12.4 Å². The third kappa shape index (κ3) is 3.60. The fourth-order valence-corrected chi connectivity index (χ4v) is 1.74. The van der Waals surface area contributed by atoms with Gasteiger partial charge in [0.2, 0.25) is 0 Å². The van der Waals surface area contributed by atoms with Crippen molar-refractivity contribution in [3.05, 3.63) is 52.4 Å². The first-order valence-corrected chi connectivity index (χ1v) is 6.13. The number of alkyl halides is 2. The second-order valence-corrected chi connectivity index (χ2v) is 4.11. The highest BCUT2D eigenvalue weighted by molar-refractivity contribution is 6.04. The predicted octanol–water partition coefficient (Wildman–Crippen LogP) is 2.24. The number of carbonyl (C=O) groups is 1. The van der Waals surface area contributed by atoms with Crippen molar-refractivity contribution in [2.24, 2.45) is 0 Å². The summed E-state index contributed by atoms with van der Waals surface area (Å²) in [6, 6.07) is 6.82. The number of carbonyl (C=O) groups excluding carboxylic acids is 1. The number of methoxy groups -OCH3 is 1. The second-order valence-electron chi connectivity index (χ2n) is 4.11. The number of amides is 1. The number of halogens is 2. The van der Waals surface area contributed by atoms with E-state index in [0.29, 0.717) is 0 Å². The number of anilines is 1. The van der Waals surface area contributed by atoms with Crippen LogP contribution < -0.4 is 20.3 Å². The third-order valence-electron chi connectivity index (χ3n) is 2.70. The van der Waals surface area contributed by atoms with Gasteiger partial charge in [0.05, 0.1) is 7.11 Å². The van der Waals surface area contributed by atoms with Crippen LogP contribution >= 0.6 is 0 Å². The number of nitrogens with one attached hydrogen (secondary N) is 2. The summed E-state index contributed by atoms with van der Waals surface area (Å²) in [4.78, 5) is 25.8. The van der Waals surface area contributed by atoms with Crippen molar-refractivity contribution in [1.29, 1.82) is 0 Å². The van der Waals surface area contributed by atoms with Crippen LogP contribution in [0.5, 0.6) is 11.5 Å². The maximum Gasteiger partial charge on any atom is 0.387 e. The molecule has 6 nitrogen and oxygen atoms in total. The molecule has 1 aromatic carbocycles. The largest absolute Gasteiger partial charge is 0.493 e. The van der Waals surface area contributed by atoms with Crippen LogP contribution in [0.4, 0.5) is 14.5 Å². The third-order valence-corrected chi connectivity index (χ3v) is 2.70. The summed E-state index contributed by atoms with van der Waals surface area (Å²) in [6.07, 6.45) is 1.39. The first kappa shape index (κ1) is 15.5. The molecule has 8 heteroatoms. The second kappa shape index (κ2) is 6.70. The summed E-state index contributed by atoms with van der Waals surface area (Å²) in [5, 5.41) is 2.42. The van der Waals surface area contributed by atoms with Crippen LogP contribution in [0.3, 0.4) is 0 Å². The maximum atomic E-state index is 12.3. The van der Waals surface area contributed by atoms with Crippen molar-refractivity contribution >= 4 is 11.6 Å². The summed E-state index contributed by atoms with van der Waals surface area (Å²) in [7, 11) is 1.30. The fraction of sp³-hybridized carbons (Fsp3) is 0.143. The molecule has 0 saturated carbocycles. The van der Waals surface area contributed by atoms with E-state index in [1.54, 1.807) is 0 Å². The van der Waals surface area contributed by atoms with Crippen LogP contribution in [-0.2, 0) is 0 Å². The van der Waals surface area contributed by atoms with Gasteiger partial charge in [-0.2, -0.15) is 8.78 Å². The molecule has 0 saturated heterocycles. The van der Waals surface area contributed by atoms with Crippen molar-refractivity contribution in [3.8, 4) is 11.5 Å². The molecule has 0 bridgehead atoms. The summed E-state index contributed by atoms with van der Waals surface area (Å²) in [5.74, 6) is -0.803. The van der Waals surface area contributed by atoms with Gasteiger partial charge in [0, 0.05) is 18.0 Å². The van der Waals surface area contributed by atoms with Crippen LogP contribution in [-0.4, -0.2) is 24.6 Å². The number of H-pyrrole nitrogens is 1. The first-order chi connectivity index (χ1) is 10.5. The molecule has 2 N–H and O–H groups in total. The number of aromatic nitrogens is 1. The van der Waals surface area contributed by atoms with Gasteiger partial charge in [-0.1, -0.05) is 0 Å². The molecule has 0 aliphatic heterocycles. The molecule has 0 spiro atoms. The number of benzene rings is 1. The van der Waals surface area contributed by atoms with Gasteiger partial charge in [0.25, 0.3) is 11.5 Å². The number of aromatic amines is 1. The Kier molecular flexibility index (Phi) is 4.72. The molecule has 116 valence electrons. The van der Waals surface area contributed by atoms with Crippen molar-refractivity contribution in [1.82, 2.24) is 4.98 Å². The first-order valence-electron chi connectivity index (χ1n) is 6.13. The Morgan fingerprint density at radius 2 is 2.05 bits per heavy atom. The van der Waals surface area contributed by atoms with Gasteiger partial charge in [-0.25, -0.2) is 0 Å². The van der Waals surface area contributed by atoms with Gasteiger partial charge in [-0.15, -0.1) is 0 Å². The van der Waals surface area contributed by atoms with Gasteiger partial charge in [0.1, 0.15) is 5.56 Å². The summed E-state index contributed by atoms with van der Waals surface area (Å²) in [6.45, 7) is -3.03. The normalized spacial score (nSPS) is 10.4. The topological polar surface area (TPSA) is 80.4 Å². The Morgan fingerprint density at radius 3 is 2.68 bits per heavy atom. The molecule has 2 aromatic rings. The van der Waals surface area contributed by atoms with E-state index in [4.69, 9.17) is 4.74 Å². The SMILES string of the molecule is COc1ccc(NC(=O)c2ccc[nH]c2=O)cc1OC(F)F. The van der Waals surface area contributed by atoms with E-state index in [2.05, 4.69) is 15.0 Å². The van der Waals surface area contributed by atoms with E-state index in [9.17, 15) is 18.4 Å². The number of rotatable bonds is 5. The molecule has 0 aliphatic carbocycles. The monoisotopic (exact) mass is 310 g/mol. The zero-order chi connectivity index (χ0) is 16.1. The molecule has 1 amide bonds. The highest BCUT2D eigenvalue weighted by atomic mass is 19.3. The average Bonchev–Trinajstić information content (AvgIpc) is 2.47. The minimum Gasteiger partial charge on any atom is -0.493 e. The molecule has 0 fully saturated rings. The van der Waals surface area contributed by atoms with Crippen molar-refractivity contribution in [2.45, 2.75) is 6.61 Å². The van der Waals surface area contributed by atoms with Gasteiger partial charge < -0.3 is 19.8 Å². The predicted molar refractivity (Wildman–Crippen MR) is 74.6 cm³/mol. The quantitative estimate of drug-likeness (QED) is 0.887. The molecule has 22 heavy (non-hydrogen) atoms. The van der Waals surface area contributed by atoms with E-state index in [1.807, 2.05) is 0 Å². The molecule has 2 rings (SSSR count). The minimum atomic E-state index is -3.03. The Hall–Kier alpha value is -2.90. The average molecular weight is 310 g/mol. The molecule has 0 aliphatic rings. The Balaban J connectivity index is 2.24. The van der Waals surface area contributed by atoms with E-state index >= 15 is 0 Å². The molecular weight excluding hydrogens is 298 g/mol. The number of hydrogen-bond donors (Lipinski definition) is 2. The van der Waals surface area contributed by atoms with E-state index in [0.717, 1.165) is 0 Å². The lowest BCUT2D eigenvalue weighted by atomic mass is 10.2. The van der Waals surface area contributed by atoms with E-state index in [1.165, 1.54) is 43.6 Å². The lowest BCUT2D eigenvalue weighted by molar-refractivity contribution is -0.0511. The Bertz CT molecular complexity index is 731. The summed E-state index contributed by atoms with van der Waals surface area (Å²) < 4.78 is 33.9. The summed E-state index contributed by atoms with van der Waals surface area (Å²) in [5.41, 5.74) is -0.475. The fourth-order valence-electron chi connectivity index (χ4n) is 1.74. The summed E-state index contributed by atoms with van der Waals surface area (Å²) >= 11 is 0. The molecule has 1 aromatic heterocycles. The van der Waals surface area contributed by atoms with Crippen LogP contribution in [0.25, 0.3) is 0 Å². The van der Waals surface area contributed by atoms with Crippen LogP contribution in [0.1, 0.15) is 10.4 Å². The Morgan fingerprint density at radius 1 is 1.27 bits per heavy atom. The van der Waals surface area contributed by atoms with Gasteiger partial charge in [0.15, 0.2) is 11.5 Å². The van der Waals surface area contributed by atoms with Crippen LogP contribution in [0.15, 0.2) is 41.3 Å². The zero-order valence-corrected chi connectivity index (χ0v) is 11.4. The van der Waals surface area contributed by atoms with Gasteiger partial charge >= 0.3 is 6.61 Å². The smallest absolute Gasteiger partial charge is 0.387 e. The van der Waals surface area contributed by atoms with E-state index < -0.39 is 18.1 Å². The molecular formula is C14H12F2N2O4. The van der Waals surface area contributed by atoms with Crippen molar-refractivity contribution in [3.63, 3.8) is 0 Å². The lowest BCUT2D eigenvalue weighted by Crippen LogP contribution is -2.22. The van der Waals surface area contributed by atoms with Crippen LogP contribution in [0.2, 0.25) is 0 Å². The Labute approximate surface area is 123 Å². The number of ether oxygens (including phenoxy) is 2. The minimum absolute atomic E-state index is 0.0934. The molecule has 1 heterocycles. The zero-order valence-electron chi connectivity index (χ0n) is 11.4. The lowest BCUT2D eigenvalue weighted by Gasteiger charge is -2.12. The standard InChI is InChI=1S/C14H12F2N2O4/c1-21-10-5-4-8(7-11(10)22-14(15)16)18-13(20)9-3-2-6-17-12(9)19/h2-7,14H,1H3,(H,17,19)(H,18,20). The number of pyridine rings is 1. The van der Waals surface area contributed by atoms with Crippen LogP contribution in [0, 0.1) is 0 Å². The van der Waals surface area contributed by atoms with Crippen molar-refractivity contribution < 1.29 is 23.0 Å². The molecule has 0 atom stereocenters. The highest BCUT2D eigenvalue weighted by Gasteiger charge is 2.14. The highest BCUT2D eigenvalue weighted by Crippen LogP contribution is 2.31. The van der Waals surface area contributed by atoms with Gasteiger partial charge in [-0.3, -0.25) is 9.59 Å². The molecule has 0 unspecified atom stereocenters.